The molecular formula is C31H39N3O5S. The van der Waals surface area contributed by atoms with E-state index in [-0.39, 0.29) is 17.3 Å². The molecule has 0 radical (unpaired) electrons. The molecule has 0 heterocycles. The molecule has 0 unspecified atom stereocenters. The lowest BCUT2D eigenvalue weighted by atomic mass is 10.1. The third kappa shape index (κ3) is 7.63. The highest BCUT2D eigenvalue weighted by Gasteiger charge is 2.34. The highest BCUT2D eigenvalue weighted by molar-refractivity contribution is 7.92. The number of benzene rings is 3. The molecule has 1 N–H and O–H groups in total. The van der Waals surface area contributed by atoms with Crippen molar-refractivity contribution in [2.75, 3.05) is 18.0 Å². The van der Waals surface area contributed by atoms with Crippen molar-refractivity contribution < 1.29 is 22.7 Å². The second-order valence-corrected chi connectivity index (χ2v) is 12.5. The highest BCUT2D eigenvalue weighted by atomic mass is 32.2. The molecule has 1 atom stereocenters. The molecule has 0 aliphatic carbocycles. The Hall–Kier alpha value is -3.85. The fourth-order valence-electron chi connectivity index (χ4n) is 4.27. The van der Waals surface area contributed by atoms with Crippen LogP contribution in [-0.2, 0) is 32.6 Å². The first kappa shape index (κ1) is 30.7. The largest absolute Gasteiger partial charge is 0.497 e. The predicted octanol–water partition coefficient (Wildman–Crippen LogP) is 4.78. The summed E-state index contributed by atoms with van der Waals surface area (Å²) in [7, 11) is -2.53. The van der Waals surface area contributed by atoms with Gasteiger partial charge in [0.2, 0.25) is 11.8 Å². The van der Waals surface area contributed by atoms with Crippen molar-refractivity contribution in [1.29, 1.82) is 0 Å². The van der Waals surface area contributed by atoms with Crippen molar-refractivity contribution >= 4 is 27.5 Å². The highest BCUT2D eigenvalue weighted by Crippen LogP contribution is 2.28. The third-order valence-electron chi connectivity index (χ3n) is 6.43. The van der Waals surface area contributed by atoms with Gasteiger partial charge in [0, 0.05) is 12.1 Å². The summed E-state index contributed by atoms with van der Waals surface area (Å²) in [6, 6.07) is 21.5. The lowest BCUT2D eigenvalue weighted by Crippen LogP contribution is -2.54. The number of ether oxygens (including phenoxy) is 1. The summed E-state index contributed by atoms with van der Waals surface area (Å²) >= 11 is 0. The topological polar surface area (TPSA) is 96.0 Å². The zero-order valence-corrected chi connectivity index (χ0v) is 24.9. The Kier molecular flexibility index (Phi) is 9.98. The van der Waals surface area contributed by atoms with Gasteiger partial charge in [0.1, 0.15) is 18.3 Å². The fourth-order valence-corrected chi connectivity index (χ4v) is 5.74. The van der Waals surface area contributed by atoms with E-state index >= 15 is 0 Å². The quantitative estimate of drug-likeness (QED) is 0.361. The van der Waals surface area contributed by atoms with E-state index in [1.54, 1.807) is 56.5 Å². The second kappa shape index (κ2) is 13.0. The molecular weight excluding hydrogens is 526 g/mol. The SMILES string of the molecule is CCc1ccccc1N(CC(=O)N(Cc1ccc(OC)cc1)[C@H](C)C(=O)NC(C)(C)C)S(=O)(=O)c1ccccc1. The number of nitrogens with one attached hydrogen (secondary N) is 1. The molecule has 40 heavy (non-hydrogen) atoms. The molecule has 3 aromatic carbocycles. The van der Waals surface area contributed by atoms with Crippen molar-refractivity contribution in [1.82, 2.24) is 10.2 Å². The summed E-state index contributed by atoms with van der Waals surface area (Å²) in [4.78, 5) is 28.8. The molecule has 0 aromatic heterocycles. The van der Waals surface area contributed by atoms with Gasteiger partial charge >= 0.3 is 0 Å². The molecule has 9 heteroatoms. The van der Waals surface area contributed by atoms with E-state index in [9.17, 15) is 18.0 Å². The molecule has 0 saturated heterocycles. The zero-order valence-electron chi connectivity index (χ0n) is 24.0. The maximum atomic E-state index is 14.1. The van der Waals surface area contributed by atoms with Gasteiger partial charge in [-0.1, -0.05) is 55.5 Å². The van der Waals surface area contributed by atoms with Gasteiger partial charge in [-0.15, -0.1) is 0 Å². The van der Waals surface area contributed by atoms with Crippen molar-refractivity contribution in [2.24, 2.45) is 0 Å². The van der Waals surface area contributed by atoms with E-state index in [1.807, 2.05) is 52.0 Å². The van der Waals surface area contributed by atoms with Crippen molar-refractivity contribution in [3.05, 3.63) is 90.0 Å². The summed E-state index contributed by atoms with van der Waals surface area (Å²) in [5, 5.41) is 2.93. The first-order valence-electron chi connectivity index (χ1n) is 13.3. The van der Waals surface area contributed by atoms with Crippen LogP contribution >= 0.6 is 0 Å². The van der Waals surface area contributed by atoms with Crippen LogP contribution in [0.1, 0.15) is 45.7 Å². The summed E-state index contributed by atoms with van der Waals surface area (Å²) in [5.74, 6) is -0.171. The number of anilines is 1. The molecule has 0 fully saturated rings. The molecule has 3 aromatic rings. The lowest BCUT2D eigenvalue weighted by molar-refractivity contribution is -0.140. The molecule has 0 saturated carbocycles. The average molecular weight is 566 g/mol. The number of sulfonamides is 1. The van der Waals surface area contributed by atoms with Gasteiger partial charge in [-0.05, 0) is 75.6 Å². The summed E-state index contributed by atoms with van der Waals surface area (Å²) < 4.78 is 34.3. The van der Waals surface area contributed by atoms with Crippen molar-refractivity contribution in [3.63, 3.8) is 0 Å². The Bertz CT molecular complexity index is 1400. The standard InChI is InChI=1S/C31H39N3O5S/c1-7-25-13-11-12-16-28(25)34(40(37,38)27-14-9-8-10-15-27)22-29(35)33(23(2)30(36)32-31(3,4)5)21-24-17-19-26(39-6)20-18-24/h8-20,23H,7,21-22H2,1-6H3,(H,32,36)/t23-/m1/s1. The van der Waals surface area contributed by atoms with E-state index in [4.69, 9.17) is 4.74 Å². The number of nitrogens with zero attached hydrogens (tertiary/aromatic N) is 2. The number of carbonyl (C=O) groups excluding carboxylic acids is 2. The maximum absolute atomic E-state index is 14.1. The number of amides is 2. The second-order valence-electron chi connectivity index (χ2n) is 10.6. The minimum atomic E-state index is -4.10. The normalized spacial score (nSPS) is 12.3. The maximum Gasteiger partial charge on any atom is 0.264 e. The van der Waals surface area contributed by atoms with Crippen LogP contribution in [0.25, 0.3) is 0 Å². The minimum Gasteiger partial charge on any atom is -0.497 e. The number of rotatable bonds is 11. The Labute approximate surface area is 238 Å². The van der Waals surface area contributed by atoms with Crippen molar-refractivity contribution in [3.8, 4) is 5.75 Å². The number of hydrogen-bond donors (Lipinski definition) is 1. The van der Waals surface area contributed by atoms with Crippen LogP contribution in [-0.4, -0.2) is 50.4 Å². The lowest BCUT2D eigenvalue weighted by Gasteiger charge is -2.34. The number of carbonyl (C=O) groups is 2. The first-order chi connectivity index (χ1) is 18.9. The molecule has 0 aliphatic rings. The third-order valence-corrected chi connectivity index (χ3v) is 8.20. The Morgan fingerprint density at radius 1 is 0.925 bits per heavy atom. The van der Waals surface area contributed by atoms with Gasteiger partial charge in [-0.25, -0.2) is 8.42 Å². The van der Waals surface area contributed by atoms with Gasteiger partial charge in [0.05, 0.1) is 17.7 Å². The van der Waals surface area contributed by atoms with E-state index < -0.39 is 34.1 Å². The first-order valence-corrected chi connectivity index (χ1v) is 14.7. The average Bonchev–Trinajstić information content (AvgIpc) is 2.94. The van der Waals surface area contributed by atoms with Crippen LogP contribution in [0.5, 0.6) is 5.75 Å². The number of methoxy groups -OCH3 is 1. The van der Waals surface area contributed by atoms with Crippen LogP contribution in [0.4, 0.5) is 5.69 Å². The molecule has 0 bridgehead atoms. The van der Waals surface area contributed by atoms with E-state index in [0.29, 0.717) is 17.9 Å². The molecule has 0 aliphatic heterocycles. The van der Waals surface area contributed by atoms with Gasteiger partial charge < -0.3 is 15.0 Å². The number of aryl methyl sites for hydroxylation is 1. The summed E-state index contributed by atoms with van der Waals surface area (Å²) in [5.41, 5.74) is 1.48. The van der Waals surface area contributed by atoms with E-state index in [2.05, 4.69) is 5.32 Å². The molecule has 3 rings (SSSR count). The molecule has 0 spiro atoms. The van der Waals surface area contributed by atoms with Crippen LogP contribution in [0.3, 0.4) is 0 Å². The van der Waals surface area contributed by atoms with Gasteiger partial charge in [-0.3, -0.25) is 13.9 Å². The van der Waals surface area contributed by atoms with Gasteiger partial charge in [0.25, 0.3) is 10.0 Å². The number of hydrogen-bond acceptors (Lipinski definition) is 5. The Morgan fingerprint density at radius 3 is 2.10 bits per heavy atom. The smallest absolute Gasteiger partial charge is 0.264 e. The fraction of sp³-hybridized carbons (Fsp3) is 0.355. The monoisotopic (exact) mass is 565 g/mol. The van der Waals surface area contributed by atoms with Crippen molar-refractivity contribution in [2.45, 2.75) is 64.1 Å². The minimum absolute atomic E-state index is 0.0777. The number of para-hydroxylation sites is 1. The predicted molar refractivity (Wildman–Crippen MR) is 158 cm³/mol. The molecule has 2 amide bonds. The Balaban J connectivity index is 2.05. The van der Waals surface area contributed by atoms with Crippen LogP contribution < -0.4 is 14.4 Å². The van der Waals surface area contributed by atoms with Gasteiger partial charge in [-0.2, -0.15) is 0 Å². The van der Waals surface area contributed by atoms with E-state index in [1.165, 1.54) is 17.0 Å². The Morgan fingerprint density at radius 2 is 1.52 bits per heavy atom. The van der Waals surface area contributed by atoms with E-state index in [0.717, 1.165) is 15.4 Å². The van der Waals surface area contributed by atoms with Gasteiger partial charge in [0.15, 0.2) is 0 Å². The van der Waals surface area contributed by atoms with Crippen LogP contribution in [0.2, 0.25) is 0 Å². The molecule has 214 valence electrons. The summed E-state index contributed by atoms with van der Waals surface area (Å²) in [6.07, 6.45) is 0.575. The van der Waals surface area contributed by atoms with Crippen LogP contribution in [0, 0.1) is 0 Å². The summed E-state index contributed by atoms with van der Waals surface area (Å²) in [6.45, 7) is 8.81. The van der Waals surface area contributed by atoms with Crippen LogP contribution in [0.15, 0.2) is 83.8 Å². The molecule has 8 nitrogen and oxygen atoms in total. The zero-order chi connectivity index (χ0) is 29.5.